The second-order valence-corrected chi connectivity index (χ2v) is 5.37. The zero-order valence-corrected chi connectivity index (χ0v) is 13.5. The Kier molecular flexibility index (Phi) is 6.99. The van der Waals surface area contributed by atoms with Gasteiger partial charge in [0.1, 0.15) is 0 Å². The molecule has 4 heteroatoms. The van der Waals surface area contributed by atoms with E-state index in [-0.39, 0.29) is 6.04 Å². The fourth-order valence-corrected chi connectivity index (χ4v) is 2.63. The van der Waals surface area contributed by atoms with Crippen molar-refractivity contribution in [2.75, 3.05) is 45.8 Å². The molecule has 0 fully saturated rings. The number of hydrogen-bond acceptors (Lipinski definition) is 4. The smallest absolute Gasteiger partial charge is 0.0615 e. The molecule has 1 aromatic carbocycles. The Morgan fingerprint density at radius 3 is 2.20 bits per heavy atom. The number of methoxy groups -OCH3 is 1. The summed E-state index contributed by atoms with van der Waals surface area (Å²) in [6.07, 6.45) is 0. The van der Waals surface area contributed by atoms with E-state index < -0.39 is 0 Å². The van der Waals surface area contributed by atoms with Crippen LogP contribution in [0.5, 0.6) is 0 Å². The zero-order chi connectivity index (χ0) is 15.1. The van der Waals surface area contributed by atoms with Gasteiger partial charge >= 0.3 is 0 Å². The van der Waals surface area contributed by atoms with Crippen LogP contribution in [0.2, 0.25) is 0 Å². The van der Waals surface area contributed by atoms with Crippen LogP contribution < -0.4 is 10.6 Å². The third-order valence-electron chi connectivity index (χ3n) is 3.76. The highest BCUT2D eigenvalue weighted by Gasteiger charge is 2.22. The standard InChI is InChI=1S/C16H29N3O/c1-6-19(13(2)12-20-5)16(11-17)14-7-9-15(10-8-14)18(3)4/h7-10,13,16H,6,11-12,17H2,1-5H3. The van der Waals surface area contributed by atoms with Crippen LogP contribution in [-0.2, 0) is 4.74 Å². The van der Waals surface area contributed by atoms with Gasteiger partial charge in [0.05, 0.1) is 6.61 Å². The first-order valence-electron chi connectivity index (χ1n) is 7.27. The van der Waals surface area contributed by atoms with E-state index in [1.165, 1.54) is 11.3 Å². The van der Waals surface area contributed by atoms with E-state index in [0.29, 0.717) is 12.6 Å². The van der Waals surface area contributed by atoms with Gasteiger partial charge < -0.3 is 15.4 Å². The molecule has 0 saturated heterocycles. The fourth-order valence-electron chi connectivity index (χ4n) is 2.63. The van der Waals surface area contributed by atoms with Crippen LogP contribution in [0.4, 0.5) is 5.69 Å². The topological polar surface area (TPSA) is 41.7 Å². The Bertz CT molecular complexity index is 378. The molecule has 2 atom stereocenters. The molecule has 0 aliphatic heterocycles. The van der Waals surface area contributed by atoms with Crippen molar-refractivity contribution in [1.82, 2.24) is 4.90 Å². The van der Waals surface area contributed by atoms with E-state index in [2.05, 4.69) is 62.0 Å². The highest BCUT2D eigenvalue weighted by Crippen LogP contribution is 2.24. The molecule has 114 valence electrons. The average Bonchev–Trinajstić information content (AvgIpc) is 2.44. The first kappa shape index (κ1) is 17.0. The molecule has 0 aromatic heterocycles. The fraction of sp³-hybridized carbons (Fsp3) is 0.625. The van der Waals surface area contributed by atoms with Gasteiger partial charge in [-0.15, -0.1) is 0 Å². The Labute approximate surface area is 123 Å². The van der Waals surface area contributed by atoms with Crippen molar-refractivity contribution in [3.05, 3.63) is 29.8 Å². The molecule has 0 saturated carbocycles. The summed E-state index contributed by atoms with van der Waals surface area (Å²) >= 11 is 0. The van der Waals surface area contributed by atoms with E-state index in [9.17, 15) is 0 Å². The molecule has 4 nitrogen and oxygen atoms in total. The molecule has 1 aromatic rings. The predicted molar refractivity (Wildman–Crippen MR) is 86.3 cm³/mol. The van der Waals surface area contributed by atoms with Gasteiger partial charge in [0.2, 0.25) is 0 Å². The number of ether oxygens (including phenoxy) is 1. The maximum atomic E-state index is 6.02. The van der Waals surface area contributed by atoms with Crippen LogP contribution in [-0.4, -0.2) is 51.8 Å². The van der Waals surface area contributed by atoms with Crippen LogP contribution in [0.3, 0.4) is 0 Å². The maximum absolute atomic E-state index is 6.02. The third-order valence-corrected chi connectivity index (χ3v) is 3.76. The largest absolute Gasteiger partial charge is 0.383 e. The van der Waals surface area contributed by atoms with Crippen molar-refractivity contribution in [3.63, 3.8) is 0 Å². The van der Waals surface area contributed by atoms with Crippen LogP contribution in [0, 0.1) is 0 Å². The highest BCUT2D eigenvalue weighted by atomic mass is 16.5. The van der Waals surface area contributed by atoms with E-state index in [1.807, 2.05) is 0 Å². The summed E-state index contributed by atoms with van der Waals surface area (Å²) < 4.78 is 5.28. The van der Waals surface area contributed by atoms with Gasteiger partial charge in [-0.3, -0.25) is 4.90 Å². The van der Waals surface area contributed by atoms with Crippen LogP contribution in [0.15, 0.2) is 24.3 Å². The molecule has 0 aliphatic rings. The molecule has 0 bridgehead atoms. The Hall–Kier alpha value is -1.10. The molecule has 2 N–H and O–H groups in total. The lowest BCUT2D eigenvalue weighted by Gasteiger charge is -2.35. The van der Waals surface area contributed by atoms with Crippen LogP contribution >= 0.6 is 0 Å². The molecule has 1 rings (SSSR count). The molecule has 2 unspecified atom stereocenters. The second kappa shape index (κ2) is 8.25. The first-order chi connectivity index (χ1) is 9.54. The molecule has 0 radical (unpaired) electrons. The number of hydrogen-bond donors (Lipinski definition) is 1. The number of anilines is 1. The monoisotopic (exact) mass is 279 g/mol. The lowest BCUT2D eigenvalue weighted by atomic mass is 10.0. The Morgan fingerprint density at radius 2 is 1.80 bits per heavy atom. The summed E-state index contributed by atoms with van der Waals surface area (Å²) in [7, 11) is 5.84. The third kappa shape index (κ3) is 4.20. The number of rotatable bonds is 8. The molecular weight excluding hydrogens is 250 g/mol. The number of nitrogens with zero attached hydrogens (tertiary/aromatic N) is 2. The normalized spacial score (nSPS) is 14.3. The molecule has 20 heavy (non-hydrogen) atoms. The summed E-state index contributed by atoms with van der Waals surface area (Å²) in [6.45, 7) is 6.65. The van der Waals surface area contributed by atoms with E-state index in [0.717, 1.165) is 13.2 Å². The van der Waals surface area contributed by atoms with Crippen LogP contribution in [0.1, 0.15) is 25.5 Å². The summed E-state index contributed by atoms with van der Waals surface area (Å²) in [6, 6.07) is 9.23. The lowest BCUT2D eigenvalue weighted by Crippen LogP contribution is -2.42. The van der Waals surface area contributed by atoms with Gasteiger partial charge in [0, 0.05) is 45.5 Å². The average molecular weight is 279 g/mol. The van der Waals surface area contributed by atoms with Gasteiger partial charge in [0.15, 0.2) is 0 Å². The lowest BCUT2D eigenvalue weighted by molar-refractivity contribution is 0.0751. The molecular formula is C16H29N3O. The van der Waals surface area contributed by atoms with Crippen molar-refractivity contribution in [2.24, 2.45) is 5.73 Å². The Balaban J connectivity index is 2.92. The summed E-state index contributed by atoms with van der Waals surface area (Å²) in [5, 5.41) is 0. The van der Waals surface area contributed by atoms with Crippen molar-refractivity contribution in [2.45, 2.75) is 25.9 Å². The minimum absolute atomic E-state index is 0.237. The molecule has 0 spiro atoms. The van der Waals surface area contributed by atoms with Gasteiger partial charge in [-0.25, -0.2) is 0 Å². The summed E-state index contributed by atoms with van der Waals surface area (Å²) in [5.74, 6) is 0. The van der Waals surface area contributed by atoms with Crippen molar-refractivity contribution < 1.29 is 4.74 Å². The van der Waals surface area contributed by atoms with Gasteiger partial charge in [-0.1, -0.05) is 19.1 Å². The zero-order valence-electron chi connectivity index (χ0n) is 13.5. The first-order valence-corrected chi connectivity index (χ1v) is 7.27. The number of benzene rings is 1. The Morgan fingerprint density at radius 1 is 1.20 bits per heavy atom. The van der Waals surface area contributed by atoms with Crippen molar-refractivity contribution >= 4 is 5.69 Å². The molecule has 0 aliphatic carbocycles. The summed E-state index contributed by atoms with van der Waals surface area (Å²) in [4.78, 5) is 4.50. The molecule has 0 heterocycles. The van der Waals surface area contributed by atoms with Gasteiger partial charge in [-0.05, 0) is 31.2 Å². The van der Waals surface area contributed by atoms with Gasteiger partial charge in [-0.2, -0.15) is 0 Å². The highest BCUT2D eigenvalue weighted by molar-refractivity contribution is 5.46. The van der Waals surface area contributed by atoms with E-state index in [1.54, 1.807) is 7.11 Å². The minimum Gasteiger partial charge on any atom is -0.383 e. The van der Waals surface area contributed by atoms with Crippen LogP contribution in [0.25, 0.3) is 0 Å². The molecule has 0 amide bonds. The summed E-state index contributed by atoms with van der Waals surface area (Å²) in [5.41, 5.74) is 8.49. The quantitative estimate of drug-likeness (QED) is 0.791. The second-order valence-electron chi connectivity index (χ2n) is 5.37. The number of likely N-dealkylation sites (N-methyl/N-ethyl adjacent to an activating group) is 1. The van der Waals surface area contributed by atoms with Gasteiger partial charge in [0.25, 0.3) is 0 Å². The number of nitrogens with two attached hydrogens (primary N) is 1. The van der Waals surface area contributed by atoms with Crippen molar-refractivity contribution in [3.8, 4) is 0 Å². The van der Waals surface area contributed by atoms with E-state index >= 15 is 0 Å². The predicted octanol–water partition coefficient (Wildman–Crippen LogP) is 2.11. The SMILES string of the molecule is CCN(C(C)COC)C(CN)c1ccc(N(C)C)cc1. The maximum Gasteiger partial charge on any atom is 0.0615 e. The minimum atomic E-state index is 0.237. The van der Waals surface area contributed by atoms with Crippen molar-refractivity contribution in [1.29, 1.82) is 0 Å². The van der Waals surface area contributed by atoms with E-state index in [4.69, 9.17) is 10.5 Å².